The Bertz CT molecular complexity index is 624. The van der Waals surface area contributed by atoms with Crippen LogP contribution >= 0.6 is 28.3 Å². The Morgan fingerprint density at radius 1 is 1.33 bits per heavy atom. The van der Waals surface area contributed by atoms with E-state index in [-0.39, 0.29) is 36.0 Å². The third kappa shape index (κ3) is 3.89. The lowest BCUT2D eigenvalue weighted by molar-refractivity contribution is -0.140. The predicted molar refractivity (Wildman–Crippen MR) is 77.7 cm³/mol. The van der Waals surface area contributed by atoms with Crippen molar-refractivity contribution in [2.45, 2.75) is 23.5 Å². The molecule has 1 atom stereocenters. The molecule has 1 aliphatic heterocycles. The summed E-state index contributed by atoms with van der Waals surface area (Å²) in [6.45, 7) is 0.173. The zero-order valence-electron chi connectivity index (χ0n) is 10.6. The lowest BCUT2D eigenvalue weighted by Gasteiger charge is -2.19. The number of alkyl halides is 3. The molecule has 2 rings (SSSR count). The molecular formula is C11H13BrClF3N2O2S. The highest BCUT2D eigenvalue weighted by molar-refractivity contribution is 9.10. The molecule has 0 spiro atoms. The SMILES string of the molecule is Cl.N[C@@H]1CCN(S(=O)(=O)c2ccc(Br)cc2C(F)(F)F)C1. The van der Waals surface area contributed by atoms with Crippen molar-refractivity contribution in [3.63, 3.8) is 0 Å². The fraction of sp³-hybridized carbons (Fsp3) is 0.455. The fourth-order valence-electron chi connectivity index (χ4n) is 2.06. The van der Waals surface area contributed by atoms with Gasteiger partial charge < -0.3 is 5.73 Å². The van der Waals surface area contributed by atoms with Crippen LogP contribution < -0.4 is 5.73 Å². The van der Waals surface area contributed by atoms with Crippen molar-refractivity contribution in [2.75, 3.05) is 13.1 Å². The lowest BCUT2D eigenvalue weighted by atomic mass is 10.2. The molecule has 120 valence electrons. The zero-order chi connectivity index (χ0) is 15.1. The maximum absolute atomic E-state index is 13.0. The topological polar surface area (TPSA) is 63.4 Å². The van der Waals surface area contributed by atoms with Crippen LogP contribution in [0.3, 0.4) is 0 Å². The molecule has 1 aliphatic rings. The molecule has 4 nitrogen and oxygen atoms in total. The first-order chi connectivity index (χ1) is 9.12. The average molecular weight is 410 g/mol. The van der Waals surface area contributed by atoms with E-state index in [4.69, 9.17) is 5.73 Å². The van der Waals surface area contributed by atoms with Gasteiger partial charge in [-0.15, -0.1) is 12.4 Å². The molecule has 10 heteroatoms. The van der Waals surface area contributed by atoms with Crippen LogP contribution in [0, 0.1) is 0 Å². The van der Waals surface area contributed by atoms with Crippen LogP contribution in [-0.4, -0.2) is 31.9 Å². The first kappa shape index (κ1) is 18.7. The second kappa shape index (κ2) is 6.41. The van der Waals surface area contributed by atoms with Crippen LogP contribution in [-0.2, 0) is 16.2 Å². The van der Waals surface area contributed by atoms with Crippen molar-refractivity contribution < 1.29 is 21.6 Å². The fourth-order valence-corrected chi connectivity index (χ4v) is 4.13. The summed E-state index contributed by atoms with van der Waals surface area (Å²) in [5.74, 6) is 0. The number of benzene rings is 1. The van der Waals surface area contributed by atoms with Crippen LogP contribution in [0.1, 0.15) is 12.0 Å². The van der Waals surface area contributed by atoms with Gasteiger partial charge in [0.05, 0.1) is 10.5 Å². The van der Waals surface area contributed by atoms with Crippen LogP contribution in [0.2, 0.25) is 0 Å². The van der Waals surface area contributed by atoms with Crippen LogP contribution in [0.5, 0.6) is 0 Å². The van der Waals surface area contributed by atoms with Crippen molar-refractivity contribution in [2.24, 2.45) is 5.73 Å². The van der Waals surface area contributed by atoms with Crippen LogP contribution in [0.15, 0.2) is 27.6 Å². The number of sulfonamides is 1. The molecule has 0 saturated carbocycles. The van der Waals surface area contributed by atoms with Gasteiger partial charge in [0, 0.05) is 23.6 Å². The number of hydrogen-bond donors (Lipinski definition) is 1. The molecule has 0 aromatic heterocycles. The Morgan fingerprint density at radius 2 is 1.95 bits per heavy atom. The third-order valence-electron chi connectivity index (χ3n) is 3.05. The molecule has 1 heterocycles. The minimum Gasteiger partial charge on any atom is -0.326 e. The van der Waals surface area contributed by atoms with Gasteiger partial charge in [0.15, 0.2) is 0 Å². The van der Waals surface area contributed by atoms with E-state index in [0.29, 0.717) is 6.42 Å². The molecule has 0 radical (unpaired) electrons. The van der Waals surface area contributed by atoms with E-state index >= 15 is 0 Å². The van der Waals surface area contributed by atoms with Gasteiger partial charge in [-0.1, -0.05) is 15.9 Å². The molecule has 0 unspecified atom stereocenters. The Balaban J connectivity index is 0.00000220. The first-order valence-corrected chi connectivity index (χ1v) is 7.98. The van der Waals surface area contributed by atoms with Crippen LogP contribution in [0.25, 0.3) is 0 Å². The molecule has 2 N–H and O–H groups in total. The second-order valence-corrected chi connectivity index (χ2v) is 7.37. The number of nitrogens with zero attached hydrogens (tertiary/aromatic N) is 1. The van der Waals surface area contributed by atoms with Gasteiger partial charge in [0.1, 0.15) is 0 Å². The monoisotopic (exact) mass is 408 g/mol. The molecule has 1 aromatic rings. The second-order valence-electron chi connectivity index (χ2n) is 4.55. The number of hydrogen-bond acceptors (Lipinski definition) is 3. The van der Waals surface area contributed by atoms with E-state index in [2.05, 4.69) is 15.9 Å². The Hall–Kier alpha value is -0.350. The van der Waals surface area contributed by atoms with Gasteiger partial charge in [-0.05, 0) is 24.6 Å². The maximum Gasteiger partial charge on any atom is 0.417 e. The molecule has 1 fully saturated rings. The van der Waals surface area contributed by atoms with Gasteiger partial charge in [-0.2, -0.15) is 17.5 Å². The minimum atomic E-state index is -4.74. The molecule has 1 aromatic carbocycles. The van der Waals surface area contributed by atoms with Gasteiger partial charge in [-0.25, -0.2) is 8.42 Å². The number of rotatable bonds is 2. The van der Waals surface area contributed by atoms with Crippen LogP contribution in [0.4, 0.5) is 13.2 Å². The average Bonchev–Trinajstić information content (AvgIpc) is 2.75. The molecule has 1 saturated heterocycles. The van der Waals surface area contributed by atoms with Crippen molar-refractivity contribution in [3.05, 3.63) is 28.2 Å². The minimum absolute atomic E-state index is 0. The van der Waals surface area contributed by atoms with E-state index in [0.717, 1.165) is 16.4 Å². The molecule has 21 heavy (non-hydrogen) atoms. The van der Waals surface area contributed by atoms with E-state index in [9.17, 15) is 21.6 Å². The van der Waals surface area contributed by atoms with E-state index in [1.807, 2.05) is 0 Å². The van der Waals surface area contributed by atoms with E-state index in [1.54, 1.807) is 0 Å². The van der Waals surface area contributed by atoms with Crippen molar-refractivity contribution in [1.29, 1.82) is 0 Å². The molecule has 0 aliphatic carbocycles. The van der Waals surface area contributed by atoms with Gasteiger partial charge in [-0.3, -0.25) is 0 Å². The summed E-state index contributed by atoms with van der Waals surface area (Å²) >= 11 is 2.92. The van der Waals surface area contributed by atoms with Gasteiger partial charge in [0.25, 0.3) is 0 Å². The Morgan fingerprint density at radius 3 is 2.43 bits per heavy atom. The Kier molecular flexibility index (Phi) is 5.71. The number of halogens is 5. The molecule has 0 amide bonds. The third-order valence-corrected chi connectivity index (χ3v) is 5.47. The molecule has 0 bridgehead atoms. The predicted octanol–water partition coefficient (Wildman–Crippen LogP) is 2.61. The highest BCUT2D eigenvalue weighted by Crippen LogP contribution is 2.37. The summed E-state index contributed by atoms with van der Waals surface area (Å²) < 4.78 is 64.8. The maximum atomic E-state index is 13.0. The Labute approximate surface area is 135 Å². The van der Waals surface area contributed by atoms with Gasteiger partial charge in [0.2, 0.25) is 10.0 Å². The summed E-state index contributed by atoms with van der Waals surface area (Å²) in [5, 5.41) is 0. The van der Waals surface area contributed by atoms with Gasteiger partial charge >= 0.3 is 6.18 Å². The normalized spacial score (nSPS) is 20.3. The summed E-state index contributed by atoms with van der Waals surface area (Å²) in [4.78, 5) is -0.734. The van der Waals surface area contributed by atoms with Crippen molar-refractivity contribution in [1.82, 2.24) is 4.31 Å². The van der Waals surface area contributed by atoms with Crippen molar-refractivity contribution >= 4 is 38.4 Å². The quantitative estimate of drug-likeness (QED) is 0.817. The standard InChI is InChI=1S/C11H12BrF3N2O2S.ClH/c12-7-1-2-10(9(5-7)11(13,14)15)20(18,19)17-4-3-8(16)6-17;/h1-2,5,8H,3-4,6,16H2;1H/t8-;/m1./s1. The smallest absolute Gasteiger partial charge is 0.326 e. The van der Waals surface area contributed by atoms with Crippen molar-refractivity contribution in [3.8, 4) is 0 Å². The zero-order valence-corrected chi connectivity index (χ0v) is 13.8. The lowest BCUT2D eigenvalue weighted by Crippen LogP contribution is -2.33. The van der Waals surface area contributed by atoms with E-state index < -0.39 is 26.7 Å². The number of nitrogens with two attached hydrogens (primary N) is 1. The highest BCUT2D eigenvalue weighted by atomic mass is 79.9. The molecular weight excluding hydrogens is 397 g/mol. The summed E-state index contributed by atoms with van der Waals surface area (Å²) in [7, 11) is -4.19. The summed E-state index contributed by atoms with van der Waals surface area (Å²) in [6.07, 6.45) is -4.30. The first-order valence-electron chi connectivity index (χ1n) is 5.75. The van der Waals surface area contributed by atoms with E-state index in [1.165, 1.54) is 6.07 Å². The largest absolute Gasteiger partial charge is 0.417 e. The highest BCUT2D eigenvalue weighted by Gasteiger charge is 2.40. The summed E-state index contributed by atoms with van der Waals surface area (Å²) in [5.41, 5.74) is 4.44. The summed E-state index contributed by atoms with van der Waals surface area (Å²) in [6, 6.07) is 2.67.